The number of rotatable bonds is 30. The van der Waals surface area contributed by atoms with Gasteiger partial charge in [0.05, 0.1) is 60.9 Å². The first-order chi connectivity index (χ1) is 84.6. The minimum atomic E-state index is -3.98. The number of ether oxygens (including phenoxy) is 6. The molecule has 6 aliphatic rings. The number of amides is 6. The Morgan fingerprint density at radius 3 is 0.984 bits per heavy atom. The fourth-order valence-corrected chi connectivity index (χ4v) is 12.7. The van der Waals surface area contributed by atoms with Gasteiger partial charge in [0, 0.05) is 191 Å². The highest BCUT2D eigenvalue weighted by Gasteiger charge is 2.29. The summed E-state index contributed by atoms with van der Waals surface area (Å²) >= 11 is 0. The van der Waals surface area contributed by atoms with Crippen LogP contribution in [0.3, 0.4) is 0 Å². The first-order valence-electron chi connectivity index (χ1n) is 68.2. The molecule has 6 aliphatic heterocycles. The number of fused-ring (bicyclic) bond motifs is 6. The van der Waals surface area contributed by atoms with Crippen molar-refractivity contribution < 1.29 is 140 Å². The van der Waals surface area contributed by atoms with Crippen LogP contribution in [0.2, 0.25) is 8.47 Å². The third-order valence-electron chi connectivity index (χ3n) is 18.5. The van der Waals surface area contributed by atoms with Gasteiger partial charge < -0.3 is 120 Å². The SMILES string of the molecule is [2H]C1([2H])OC(=O)N[C@H]1Cc1ccc2[nH]cc(CCN(C([2H])([2H])[2H])C([2H])([2H])[2H])c2c1.[2H]C1([2H])OC(=O)N[C@H]1Cc1ccc2[nH]cc(CCN(C)C([2H])([2H])[2H])c2c1.[2H]C1([2H])OC(=O)N[C@H]1Cc1ccc2[nH]cc(CCN(C)C)c2c1.[2H]c1c(C([2H])([2H])[C@H]2COC(=O)N2[2H])c([2H])c2c(C([2H])([2H])C([2H])([2H])N(C([2H])([2H])[2H])C([2H])([2H])[2H])c([2H])n([2H])c2c1[2H].[2H]c1c(C([2H])([2H])[C@H]2COC(=O)N2[2H])c([2H])c2c(C([2H])([2H])C([2H])([2H])N(C)C([2H])([2H])[2H])c([2H])n([2H])c2c1[2H].[2H]c1c(C([2H])([2H])[C@H]2COC(=O)N2[2H])c([2H])c2c(C([2H])([2H])C([2H])([2H])N(C)C)c([2H])n([2H])c2c1[2H]. The van der Waals surface area contributed by atoms with Crippen LogP contribution in [0.1, 0.15) is 141 Å². The molecule has 0 aliphatic carbocycles. The lowest BCUT2D eigenvalue weighted by Gasteiger charge is -2.09. The molecule has 6 aromatic heterocycles. The summed E-state index contributed by atoms with van der Waals surface area (Å²) in [7, 11) is 8.95. The molecule has 672 valence electrons. The number of hydrogen-bond acceptors (Lipinski definition) is 18. The summed E-state index contributed by atoms with van der Waals surface area (Å²) < 4.78 is 508. The highest BCUT2D eigenvalue weighted by atomic mass is 16.6. The van der Waals surface area contributed by atoms with Gasteiger partial charge in [-0.2, -0.15) is 0 Å². The van der Waals surface area contributed by atoms with Gasteiger partial charge in [0.2, 0.25) is 0 Å². The van der Waals surface area contributed by atoms with Crippen LogP contribution in [0.15, 0.2) is 146 Å². The van der Waals surface area contributed by atoms with Crippen molar-refractivity contribution in [2.45, 2.75) is 113 Å². The Balaban J connectivity index is 0.000000182. The van der Waals surface area contributed by atoms with E-state index in [1.165, 1.54) is 24.6 Å². The lowest BCUT2D eigenvalue weighted by atomic mass is 10.0. The van der Waals surface area contributed by atoms with Gasteiger partial charge in [-0.25, -0.2) is 28.8 Å². The number of aryl methyl sites for hydroxylation is 3. The minimum absolute atomic E-state index is 0.0599. The van der Waals surface area contributed by atoms with E-state index in [0.29, 0.717) is 35.7 Å². The standard InChI is InChI=1S/6C16H21N3O2/c6*1-19(2)6-5-12-9-17-15-4-3-11(8-14(12)15)7-13-10-21-16(20)18-13/h6*3-4,8-9,13,17H,5-7,10H2,1-2H3,(H,18,20)/t6*13-/m000000/s1/i1D3,2D3,3D,4D,5D2,6D2,7D2,8D,9D;1D3,3D,4D,5D2,6D2,7D2,8D,9D;3D,4D,5D2,6D2,7D2,8D,9D;1D3,2D3,10D2;1D3,10D2;10D2/hD6. The van der Waals surface area contributed by atoms with Gasteiger partial charge in [0.15, 0.2) is 8.47 Å². The summed E-state index contributed by atoms with van der Waals surface area (Å²) in [5.41, 5.74) is 0.766. The number of alkyl carbamates (subject to hydrolysis) is 6. The van der Waals surface area contributed by atoms with Gasteiger partial charge in [-0.1, -0.05) is 36.3 Å². The summed E-state index contributed by atoms with van der Waals surface area (Å²) in [6, 6.07) is 1.49. The number of hydrogen-bond donors (Lipinski definition) is 12. The van der Waals surface area contributed by atoms with Gasteiger partial charge in [-0.3, -0.25) is 0 Å². The van der Waals surface area contributed by atoms with Crippen molar-refractivity contribution in [1.82, 2.24) is 91.2 Å². The monoisotopic (exact) mass is 1780 g/mol. The average molecular weight is 1780 g/mol. The highest BCUT2D eigenvalue weighted by Crippen LogP contribution is 2.29. The summed E-state index contributed by atoms with van der Waals surface area (Å²) in [5.74, 6) is 0. The molecule has 6 amide bonds. The molecule has 6 aromatic carbocycles. The Bertz CT molecular complexity index is 8650. The molecule has 0 saturated carbocycles. The van der Waals surface area contributed by atoms with Crippen molar-refractivity contribution in [2.24, 2.45) is 0 Å². The van der Waals surface area contributed by atoms with Crippen LogP contribution in [0.5, 0.6) is 0 Å². The Morgan fingerprint density at radius 2 is 0.683 bits per heavy atom. The zero-order chi connectivity index (χ0) is 141. The van der Waals surface area contributed by atoms with Gasteiger partial charge in [0.1, 0.15) is 39.5 Å². The zero-order valence-electron chi connectivity index (χ0n) is 128. The summed E-state index contributed by atoms with van der Waals surface area (Å²) in [6.07, 6.45) is -19.6. The number of carbonyl (C=O) groups excluding carboxylic acids is 6. The van der Waals surface area contributed by atoms with Gasteiger partial charge in [-0.05, 0) is 300 Å². The normalized spacial score (nSPS) is 28.2. The number of cyclic esters (lactones) is 6. The van der Waals surface area contributed by atoms with E-state index in [1.54, 1.807) is 25.4 Å². The van der Waals surface area contributed by atoms with E-state index >= 15 is 0 Å². The summed E-state index contributed by atoms with van der Waals surface area (Å²) in [4.78, 5) is 83.1. The Hall–Kier alpha value is -12.1. The second-order valence-corrected chi connectivity index (χ2v) is 28.7. The number of likely N-dealkylation sites (N-methyl/N-ethyl adjacent to an activating group) is 6. The predicted molar refractivity (Wildman–Crippen MR) is 495 cm³/mol. The van der Waals surface area contributed by atoms with Crippen LogP contribution >= 0.6 is 0 Å². The van der Waals surface area contributed by atoms with Crippen LogP contribution in [0, 0.1) is 0 Å². The smallest absolute Gasteiger partial charge is 0.407 e. The van der Waals surface area contributed by atoms with Crippen LogP contribution in [0.4, 0.5) is 28.8 Å². The fourth-order valence-electron chi connectivity index (χ4n) is 12.7. The Morgan fingerprint density at radius 1 is 0.357 bits per heavy atom. The average Bonchev–Trinajstić information content (AvgIpc) is 1.61. The number of nitrogens with zero attached hydrogens (tertiary/aromatic N) is 6. The van der Waals surface area contributed by atoms with Crippen molar-refractivity contribution in [3.63, 3.8) is 0 Å². The molecule has 126 heavy (non-hydrogen) atoms. The number of benzene rings is 6. The second-order valence-electron chi connectivity index (χ2n) is 28.7. The molecule has 12 heterocycles. The molecule has 12 N–H and O–H groups in total. The van der Waals surface area contributed by atoms with Crippen molar-refractivity contribution in [1.29, 1.82) is 0 Å². The maximum absolute atomic E-state index is 11.7. The van der Waals surface area contributed by atoms with E-state index in [4.69, 9.17) is 82.5 Å². The Kier molecular flexibility index (Phi) is 14.6. The van der Waals surface area contributed by atoms with E-state index < -0.39 is 356 Å². The van der Waals surface area contributed by atoms with Crippen LogP contribution in [0.25, 0.3) is 65.4 Å². The number of nitrogens with one attached hydrogen (secondary N) is 12. The van der Waals surface area contributed by atoms with Crippen molar-refractivity contribution in [3.05, 3.63) is 213 Å². The molecule has 6 fully saturated rings. The minimum Gasteiger partial charge on any atom is -0.447 e. The zero-order valence-corrected chi connectivity index (χ0v) is 68.1. The molecule has 0 bridgehead atoms. The molecular weight excluding hydrogens is 1600 g/mol. The summed E-state index contributed by atoms with van der Waals surface area (Å²) in [5, 5.41) is 8.60. The third-order valence-corrected chi connectivity index (χ3v) is 18.5. The molecular formula is C96H126N18O12. The molecule has 6 saturated heterocycles. The lowest BCUT2D eigenvalue weighted by Crippen LogP contribution is -2.28. The molecule has 6 atom stereocenters. The van der Waals surface area contributed by atoms with Gasteiger partial charge in [0.25, 0.3) is 0 Å². The van der Waals surface area contributed by atoms with Crippen molar-refractivity contribution >= 4 is 102 Å². The number of aromatic nitrogens is 6. The first kappa shape index (κ1) is 42.0. The van der Waals surface area contributed by atoms with Crippen molar-refractivity contribution in [2.75, 3.05) is 163 Å². The predicted octanol–water partition coefficient (Wildman–Crippen LogP) is 11.5. The van der Waals surface area contributed by atoms with Gasteiger partial charge in [-0.15, -0.1) is 0 Å². The third kappa shape index (κ3) is 26.5. The van der Waals surface area contributed by atoms with Crippen LogP contribution < -0.4 is 31.9 Å². The molecule has 0 radical (unpaired) electrons. The highest BCUT2D eigenvalue weighted by molar-refractivity contribution is 5.88. The quantitative estimate of drug-likeness (QED) is 0.0186. The van der Waals surface area contributed by atoms with Crippen LogP contribution in [-0.2, 0) is 105 Å². The van der Waals surface area contributed by atoms with E-state index in [0.717, 1.165) is 85.4 Å². The molecule has 12 aromatic rings. The second kappa shape index (κ2) is 43.7. The lowest BCUT2D eigenvalue weighted by molar-refractivity contribution is 0.176. The van der Waals surface area contributed by atoms with Crippen LogP contribution in [-0.4, -0.2) is 295 Å². The van der Waals surface area contributed by atoms with E-state index in [1.807, 2.05) is 62.9 Å². The molecule has 30 heteroatoms. The molecule has 18 rings (SSSR count). The fraction of sp³-hybridized carbons (Fsp3) is 0.438. The first-order valence-corrected chi connectivity index (χ1v) is 38.5. The number of H-pyrrole nitrogens is 6. The number of carbonyl (C=O) groups is 6. The maximum Gasteiger partial charge on any atom is 0.407 e. The van der Waals surface area contributed by atoms with E-state index in [-0.39, 0.29) is 50.2 Å². The molecule has 0 spiro atoms. The largest absolute Gasteiger partial charge is 0.447 e. The maximum atomic E-state index is 11.7. The Labute approximate surface area is 821 Å². The summed E-state index contributed by atoms with van der Waals surface area (Å²) in [6.45, 7) is -35.2. The van der Waals surface area contributed by atoms with Crippen molar-refractivity contribution in [3.8, 4) is 0 Å². The van der Waals surface area contributed by atoms with E-state index in [2.05, 4.69) is 70.3 Å². The topological polar surface area (TPSA) is 344 Å². The van der Waals surface area contributed by atoms with E-state index in [9.17, 15) is 28.8 Å². The molecule has 0 unspecified atom stereocenters. The number of aromatic amines is 6. The molecule has 30 nitrogen and oxygen atoms in total. The van der Waals surface area contributed by atoms with Gasteiger partial charge >= 0.3 is 36.6 Å².